The number of hydrogen-bond acceptors (Lipinski definition) is 4. The molecule has 2 aromatic rings. The van der Waals surface area contributed by atoms with Crippen molar-refractivity contribution in [2.45, 2.75) is 6.10 Å². The van der Waals surface area contributed by atoms with Crippen LogP contribution in [0.5, 0.6) is 0 Å². The van der Waals surface area contributed by atoms with Crippen LogP contribution in [0.2, 0.25) is 0 Å². The predicted molar refractivity (Wildman–Crippen MR) is 82.0 cm³/mol. The summed E-state index contributed by atoms with van der Waals surface area (Å²) in [5.74, 6) is 0. The molecule has 0 radical (unpaired) electrons. The van der Waals surface area contributed by atoms with Gasteiger partial charge < -0.3 is 9.84 Å². The number of nitrogens with zero attached hydrogens (tertiary/aromatic N) is 1. The molecule has 1 aromatic heterocycles. The maximum atomic E-state index is 10.3. The van der Waals surface area contributed by atoms with Gasteiger partial charge in [0.2, 0.25) is 0 Å². The van der Waals surface area contributed by atoms with E-state index >= 15 is 0 Å². The Labute approximate surface area is 123 Å². The molecule has 4 heteroatoms. The van der Waals surface area contributed by atoms with Crippen LogP contribution in [-0.2, 0) is 4.74 Å². The van der Waals surface area contributed by atoms with Crippen LogP contribution in [0.1, 0.15) is 11.7 Å². The van der Waals surface area contributed by atoms with E-state index in [9.17, 15) is 5.11 Å². The highest BCUT2D eigenvalue weighted by molar-refractivity contribution is 7.08. The molecule has 1 N–H and O–H groups in total. The number of ether oxygens (including phenoxy) is 1. The molecule has 1 aromatic carbocycles. The summed E-state index contributed by atoms with van der Waals surface area (Å²) in [6.07, 6.45) is -0.426. The lowest BCUT2D eigenvalue weighted by Crippen LogP contribution is -2.38. The molecule has 1 aliphatic heterocycles. The van der Waals surface area contributed by atoms with Crippen molar-refractivity contribution in [2.24, 2.45) is 0 Å². The first-order chi connectivity index (χ1) is 9.83. The van der Waals surface area contributed by atoms with Crippen LogP contribution in [0.15, 0.2) is 41.1 Å². The summed E-state index contributed by atoms with van der Waals surface area (Å²) in [5, 5.41) is 14.5. The van der Waals surface area contributed by atoms with Gasteiger partial charge in [-0.2, -0.15) is 11.3 Å². The standard InChI is InChI=1S/C16H19NO2S/c18-16(11-17-6-8-19-9-7-17)14-3-1-13(2-4-14)15-5-10-20-12-15/h1-5,10,12,16,18H,6-9,11H2. The lowest BCUT2D eigenvalue weighted by atomic mass is 10.0. The van der Waals surface area contributed by atoms with Crippen LogP contribution >= 0.6 is 11.3 Å². The molecule has 1 unspecified atom stereocenters. The zero-order chi connectivity index (χ0) is 13.8. The first kappa shape index (κ1) is 13.8. The van der Waals surface area contributed by atoms with E-state index in [2.05, 4.69) is 33.9 Å². The molecule has 106 valence electrons. The summed E-state index contributed by atoms with van der Waals surface area (Å²) in [5.41, 5.74) is 3.42. The van der Waals surface area contributed by atoms with Gasteiger partial charge in [0.15, 0.2) is 0 Å². The van der Waals surface area contributed by atoms with Crippen molar-refractivity contribution in [3.05, 3.63) is 46.7 Å². The average Bonchev–Trinajstić information content (AvgIpc) is 3.03. The second-order valence-corrected chi connectivity index (χ2v) is 5.84. The van der Waals surface area contributed by atoms with Crippen LogP contribution in [0.3, 0.4) is 0 Å². The number of thiophene rings is 1. The monoisotopic (exact) mass is 289 g/mol. The van der Waals surface area contributed by atoms with Crippen molar-refractivity contribution < 1.29 is 9.84 Å². The van der Waals surface area contributed by atoms with Gasteiger partial charge in [0.1, 0.15) is 0 Å². The zero-order valence-corrected chi connectivity index (χ0v) is 12.2. The third-order valence-electron chi connectivity index (χ3n) is 3.68. The van der Waals surface area contributed by atoms with Crippen molar-refractivity contribution >= 4 is 11.3 Å². The molecular weight excluding hydrogens is 270 g/mol. The van der Waals surface area contributed by atoms with E-state index in [4.69, 9.17) is 4.74 Å². The molecule has 1 saturated heterocycles. The van der Waals surface area contributed by atoms with Crippen LogP contribution in [0, 0.1) is 0 Å². The van der Waals surface area contributed by atoms with E-state index in [1.165, 1.54) is 11.1 Å². The fourth-order valence-corrected chi connectivity index (χ4v) is 3.13. The van der Waals surface area contributed by atoms with Gasteiger partial charge in [0.25, 0.3) is 0 Å². The maximum absolute atomic E-state index is 10.3. The summed E-state index contributed by atoms with van der Waals surface area (Å²) < 4.78 is 5.32. The minimum absolute atomic E-state index is 0.426. The van der Waals surface area contributed by atoms with Gasteiger partial charge in [0.05, 0.1) is 19.3 Å². The maximum Gasteiger partial charge on any atom is 0.0916 e. The quantitative estimate of drug-likeness (QED) is 0.939. The molecule has 0 saturated carbocycles. The van der Waals surface area contributed by atoms with Gasteiger partial charge in [-0.05, 0) is 33.5 Å². The molecule has 3 nitrogen and oxygen atoms in total. The number of β-amino-alcohol motifs (C(OH)–C–C–N with tert-alkyl or cyclic N) is 1. The summed E-state index contributed by atoms with van der Waals surface area (Å²) >= 11 is 1.70. The molecule has 0 spiro atoms. The number of hydrogen-bond donors (Lipinski definition) is 1. The lowest BCUT2D eigenvalue weighted by molar-refractivity contribution is 0.0143. The van der Waals surface area contributed by atoms with Gasteiger partial charge in [-0.25, -0.2) is 0 Å². The smallest absolute Gasteiger partial charge is 0.0916 e. The Morgan fingerprint density at radius 2 is 1.85 bits per heavy atom. The third kappa shape index (κ3) is 3.27. The van der Waals surface area contributed by atoms with E-state index in [-0.39, 0.29) is 0 Å². The number of morpholine rings is 1. The topological polar surface area (TPSA) is 32.7 Å². The van der Waals surface area contributed by atoms with Gasteiger partial charge in [-0.1, -0.05) is 24.3 Å². The van der Waals surface area contributed by atoms with Crippen molar-refractivity contribution in [1.29, 1.82) is 0 Å². The number of aliphatic hydroxyl groups excluding tert-OH is 1. The number of benzene rings is 1. The Balaban J connectivity index is 1.64. The number of aliphatic hydroxyl groups is 1. The Kier molecular flexibility index (Phi) is 4.47. The molecule has 1 aliphatic rings. The van der Waals surface area contributed by atoms with Crippen molar-refractivity contribution in [2.75, 3.05) is 32.8 Å². The summed E-state index contributed by atoms with van der Waals surface area (Å²) in [6, 6.07) is 10.3. The molecule has 0 amide bonds. The summed E-state index contributed by atoms with van der Waals surface area (Å²) in [7, 11) is 0. The molecule has 20 heavy (non-hydrogen) atoms. The lowest BCUT2D eigenvalue weighted by Gasteiger charge is -2.28. The molecule has 3 rings (SSSR count). The molecule has 1 fully saturated rings. The van der Waals surface area contributed by atoms with Crippen LogP contribution < -0.4 is 0 Å². The predicted octanol–water partition coefficient (Wildman–Crippen LogP) is 2.78. The van der Waals surface area contributed by atoms with Gasteiger partial charge in [0, 0.05) is 19.6 Å². The van der Waals surface area contributed by atoms with E-state index in [0.717, 1.165) is 31.9 Å². The average molecular weight is 289 g/mol. The largest absolute Gasteiger partial charge is 0.387 e. The number of rotatable bonds is 4. The molecular formula is C16H19NO2S. The van der Waals surface area contributed by atoms with E-state index in [1.54, 1.807) is 11.3 Å². The van der Waals surface area contributed by atoms with Crippen LogP contribution in [0.4, 0.5) is 0 Å². The van der Waals surface area contributed by atoms with Crippen molar-refractivity contribution in [3.63, 3.8) is 0 Å². The minimum atomic E-state index is -0.426. The highest BCUT2D eigenvalue weighted by Gasteiger charge is 2.16. The van der Waals surface area contributed by atoms with E-state index in [1.807, 2.05) is 12.1 Å². The van der Waals surface area contributed by atoms with E-state index in [0.29, 0.717) is 6.54 Å². The first-order valence-electron chi connectivity index (χ1n) is 6.93. The van der Waals surface area contributed by atoms with Crippen LogP contribution in [-0.4, -0.2) is 42.9 Å². The van der Waals surface area contributed by atoms with Crippen LogP contribution in [0.25, 0.3) is 11.1 Å². The second-order valence-electron chi connectivity index (χ2n) is 5.06. The SMILES string of the molecule is OC(CN1CCOCC1)c1ccc(-c2ccsc2)cc1. The molecule has 0 aliphatic carbocycles. The fourth-order valence-electron chi connectivity index (χ4n) is 2.46. The fraction of sp³-hybridized carbons (Fsp3) is 0.375. The minimum Gasteiger partial charge on any atom is -0.387 e. The third-order valence-corrected chi connectivity index (χ3v) is 4.37. The highest BCUT2D eigenvalue weighted by Crippen LogP contribution is 2.24. The van der Waals surface area contributed by atoms with Crippen molar-refractivity contribution in [1.82, 2.24) is 4.90 Å². The Morgan fingerprint density at radius 1 is 1.10 bits per heavy atom. The summed E-state index contributed by atoms with van der Waals surface area (Å²) in [4.78, 5) is 2.25. The normalized spacial score (nSPS) is 18.1. The first-order valence-corrected chi connectivity index (χ1v) is 7.88. The zero-order valence-electron chi connectivity index (χ0n) is 11.4. The van der Waals surface area contributed by atoms with Crippen molar-refractivity contribution in [3.8, 4) is 11.1 Å². The second kappa shape index (κ2) is 6.50. The molecule has 0 bridgehead atoms. The van der Waals surface area contributed by atoms with Gasteiger partial charge >= 0.3 is 0 Å². The van der Waals surface area contributed by atoms with Gasteiger partial charge in [-0.3, -0.25) is 4.90 Å². The Bertz CT molecular complexity index is 518. The Hall–Kier alpha value is -1.20. The summed E-state index contributed by atoms with van der Waals surface area (Å²) in [6.45, 7) is 4.03. The van der Waals surface area contributed by atoms with E-state index < -0.39 is 6.10 Å². The highest BCUT2D eigenvalue weighted by atomic mass is 32.1. The molecule has 1 atom stereocenters. The Morgan fingerprint density at radius 3 is 2.50 bits per heavy atom. The molecule has 2 heterocycles. The van der Waals surface area contributed by atoms with Gasteiger partial charge in [-0.15, -0.1) is 0 Å².